The third-order valence-electron chi connectivity index (χ3n) is 4.45. The lowest BCUT2D eigenvalue weighted by Crippen LogP contribution is -2.31. The van der Waals surface area contributed by atoms with Crippen LogP contribution >= 0.6 is 0 Å². The van der Waals surface area contributed by atoms with Gasteiger partial charge < -0.3 is 15.1 Å². The van der Waals surface area contributed by atoms with Crippen molar-refractivity contribution in [3.8, 4) is 12.3 Å². The third kappa shape index (κ3) is 4.74. The first-order valence-electron chi connectivity index (χ1n) is 8.26. The van der Waals surface area contributed by atoms with Crippen molar-refractivity contribution in [3.63, 3.8) is 0 Å². The van der Waals surface area contributed by atoms with Crippen molar-refractivity contribution < 1.29 is 4.79 Å². The summed E-state index contributed by atoms with van der Waals surface area (Å²) in [6.45, 7) is 4.22. The van der Waals surface area contributed by atoms with Gasteiger partial charge in [-0.1, -0.05) is 6.07 Å². The van der Waals surface area contributed by atoms with Crippen molar-refractivity contribution in [2.45, 2.75) is 38.6 Å². The number of anilines is 2. The lowest BCUT2D eigenvalue weighted by Gasteiger charge is -2.24. The predicted octanol–water partition coefficient (Wildman–Crippen LogP) is 2.88. The van der Waals surface area contributed by atoms with Gasteiger partial charge in [-0.2, -0.15) is 0 Å². The quantitative estimate of drug-likeness (QED) is 0.648. The van der Waals surface area contributed by atoms with Crippen LogP contribution in [0.2, 0.25) is 0 Å². The maximum absolute atomic E-state index is 11.9. The van der Waals surface area contributed by atoms with Crippen molar-refractivity contribution in [1.82, 2.24) is 4.90 Å². The van der Waals surface area contributed by atoms with Crippen LogP contribution in [0.5, 0.6) is 0 Å². The molecule has 1 heterocycles. The molecule has 1 saturated heterocycles. The van der Waals surface area contributed by atoms with Gasteiger partial charge in [0.15, 0.2) is 0 Å². The van der Waals surface area contributed by atoms with Gasteiger partial charge in [-0.15, -0.1) is 12.3 Å². The molecule has 1 amide bonds. The van der Waals surface area contributed by atoms with Gasteiger partial charge in [0.25, 0.3) is 0 Å². The molecule has 1 atom stereocenters. The van der Waals surface area contributed by atoms with Crippen LogP contribution in [0.3, 0.4) is 0 Å². The van der Waals surface area contributed by atoms with Crippen LogP contribution in [-0.2, 0) is 4.79 Å². The molecule has 0 aliphatic carbocycles. The van der Waals surface area contributed by atoms with Crippen LogP contribution in [0.4, 0.5) is 11.4 Å². The molecule has 0 unspecified atom stereocenters. The van der Waals surface area contributed by atoms with E-state index in [1.54, 1.807) is 0 Å². The van der Waals surface area contributed by atoms with Crippen LogP contribution in [0, 0.1) is 19.3 Å². The molecule has 1 aliphatic heterocycles. The second-order valence-electron chi connectivity index (χ2n) is 6.46. The maximum atomic E-state index is 11.9. The number of carbonyl (C=O) groups excluding carboxylic acids is 1. The summed E-state index contributed by atoms with van der Waals surface area (Å²) < 4.78 is 0. The largest absolute Gasteiger partial charge is 0.370 e. The van der Waals surface area contributed by atoms with Crippen LogP contribution in [0.1, 0.15) is 31.2 Å². The Hall–Kier alpha value is -1.99. The first-order valence-corrected chi connectivity index (χ1v) is 8.26. The molecule has 0 saturated carbocycles. The van der Waals surface area contributed by atoms with Crippen molar-refractivity contribution in [3.05, 3.63) is 23.8 Å². The highest BCUT2D eigenvalue weighted by atomic mass is 16.1. The number of terminal acetylenes is 1. The number of benzene rings is 1. The Morgan fingerprint density at radius 1 is 1.48 bits per heavy atom. The molecule has 0 spiro atoms. The molecule has 2 rings (SSSR count). The van der Waals surface area contributed by atoms with Crippen molar-refractivity contribution in [1.29, 1.82) is 0 Å². The molecule has 1 aromatic rings. The minimum atomic E-state index is 0.0302. The smallest absolute Gasteiger partial charge is 0.224 e. The molecule has 1 aromatic carbocycles. The van der Waals surface area contributed by atoms with E-state index in [2.05, 4.69) is 54.2 Å². The van der Waals surface area contributed by atoms with Gasteiger partial charge in [-0.05, 0) is 51.6 Å². The number of rotatable bonds is 6. The Morgan fingerprint density at radius 3 is 2.91 bits per heavy atom. The Labute approximate surface area is 139 Å². The van der Waals surface area contributed by atoms with Crippen LogP contribution < -0.4 is 10.2 Å². The molecule has 124 valence electrons. The summed E-state index contributed by atoms with van der Waals surface area (Å²) in [5, 5.41) is 2.98. The van der Waals surface area contributed by atoms with Gasteiger partial charge in [0.2, 0.25) is 5.91 Å². The van der Waals surface area contributed by atoms with E-state index in [0.717, 1.165) is 25.2 Å². The summed E-state index contributed by atoms with van der Waals surface area (Å²) in [5.41, 5.74) is 3.33. The number of unbranched alkanes of at least 4 members (excludes halogenated alkanes) is 1. The second-order valence-corrected chi connectivity index (χ2v) is 6.46. The molecule has 1 aliphatic rings. The topological polar surface area (TPSA) is 35.6 Å². The Balaban J connectivity index is 2.02. The van der Waals surface area contributed by atoms with Crippen LogP contribution in [0.15, 0.2) is 18.2 Å². The highest BCUT2D eigenvalue weighted by Gasteiger charge is 2.25. The molecular weight excluding hydrogens is 286 g/mol. The number of hydrogen-bond acceptors (Lipinski definition) is 3. The van der Waals surface area contributed by atoms with Crippen LogP contribution in [0.25, 0.3) is 0 Å². The summed E-state index contributed by atoms with van der Waals surface area (Å²) in [6, 6.07) is 6.73. The standard InChI is InChI=1S/C19H27N3O/c1-5-6-7-8-19(23)20-16-10-9-15(2)18(13-16)22-12-11-17(14-22)21(3)4/h1,9-10,13,17H,6-8,11-12,14H2,2-4H3,(H,20,23)/t17-/m1/s1. The first kappa shape index (κ1) is 17.4. The minimum Gasteiger partial charge on any atom is -0.370 e. The number of nitrogens with one attached hydrogen (secondary N) is 1. The third-order valence-corrected chi connectivity index (χ3v) is 4.45. The van der Waals surface area contributed by atoms with Gasteiger partial charge in [-0.25, -0.2) is 0 Å². The van der Waals surface area contributed by atoms with Gasteiger partial charge >= 0.3 is 0 Å². The zero-order valence-corrected chi connectivity index (χ0v) is 14.4. The van der Waals surface area contributed by atoms with E-state index >= 15 is 0 Å². The number of aryl methyl sites for hydroxylation is 1. The normalized spacial score (nSPS) is 17.3. The maximum Gasteiger partial charge on any atom is 0.224 e. The van der Waals surface area contributed by atoms with Gasteiger partial charge in [0.05, 0.1) is 0 Å². The van der Waals surface area contributed by atoms with Gasteiger partial charge in [0, 0.05) is 43.3 Å². The van der Waals surface area contributed by atoms with Crippen molar-refractivity contribution >= 4 is 17.3 Å². The minimum absolute atomic E-state index is 0.0302. The van der Waals surface area contributed by atoms with Gasteiger partial charge in [0.1, 0.15) is 0 Å². The average molecular weight is 313 g/mol. The Kier molecular flexibility index (Phi) is 6.06. The number of nitrogens with zero attached hydrogens (tertiary/aromatic N) is 2. The fourth-order valence-electron chi connectivity index (χ4n) is 2.98. The fraction of sp³-hybridized carbons (Fsp3) is 0.526. The number of likely N-dealkylation sites (N-methyl/N-ethyl adjacent to an activating group) is 1. The Morgan fingerprint density at radius 2 is 2.26 bits per heavy atom. The fourth-order valence-corrected chi connectivity index (χ4v) is 2.98. The number of carbonyl (C=O) groups is 1. The lowest BCUT2D eigenvalue weighted by molar-refractivity contribution is -0.116. The highest BCUT2D eigenvalue weighted by Crippen LogP contribution is 2.28. The zero-order valence-electron chi connectivity index (χ0n) is 14.4. The van der Waals surface area contributed by atoms with E-state index in [0.29, 0.717) is 18.9 Å². The van der Waals surface area contributed by atoms with E-state index in [9.17, 15) is 4.79 Å². The molecule has 1 N–H and O–H groups in total. The van der Waals surface area contributed by atoms with E-state index in [4.69, 9.17) is 6.42 Å². The highest BCUT2D eigenvalue weighted by molar-refractivity contribution is 5.91. The molecule has 4 nitrogen and oxygen atoms in total. The average Bonchev–Trinajstić information content (AvgIpc) is 2.99. The summed E-state index contributed by atoms with van der Waals surface area (Å²) in [7, 11) is 4.27. The Bertz CT molecular complexity index is 589. The first-order chi connectivity index (χ1) is 11.0. The molecule has 4 heteroatoms. The second kappa shape index (κ2) is 8.03. The summed E-state index contributed by atoms with van der Waals surface area (Å²) in [6.07, 6.45) is 8.24. The molecule has 0 bridgehead atoms. The predicted molar refractivity (Wildman–Crippen MR) is 96.8 cm³/mol. The molecule has 1 fully saturated rings. The van der Waals surface area contributed by atoms with Crippen molar-refractivity contribution in [2.75, 3.05) is 37.4 Å². The zero-order chi connectivity index (χ0) is 16.8. The van der Waals surface area contributed by atoms with Crippen LogP contribution in [-0.4, -0.2) is 44.0 Å². The molecule has 23 heavy (non-hydrogen) atoms. The number of amides is 1. The van der Waals surface area contributed by atoms with Crippen molar-refractivity contribution in [2.24, 2.45) is 0 Å². The van der Waals surface area contributed by atoms with E-state index in [1.807, 2.05) is 6.07 Å². The SMILES string of the molecule is C#CCCCC(=O)Nc1ccc(C)c(N2CC[C@@H](N(C)C)C2)c1. The van der Waals surface area contributed by atoms with Gasteiger partial charge in [-0.3, -0.25) is 4.79 Å². The molecule has 0 radical (unpaired) electrons. The summed E-state index contributed by atoms with van der Waals surface area (Å²) in [5.74, 6) is 2.59. The summed E-state index contributed by atoms with van der Waals surface area (Å²) in [4.78, 5) is 16.6. The van der Waals surface area contributed by atoms with E-state index in [1.165, 1.54) is 17.7 Å². The summed E-state index contributed by atoms with van der Waals surface area (Å²) >= 11 is 0. The monoisotopic (exact) mass is 313 g/mol. The van der Waals surface area contributed by atoms with E-state index < -0.39 is 0 Å². The molecule has 0 aromatic heterocycles. The lowest BCUT2D eigenvalue weighted by atomic mass is 10.1. The van der Waals surface area contributed by atoms with E-state index in [-0.39, 0.29) is 5.91 Å². The molecular formula is C19H27N3O. The number of hydrogen-bond donors (Lipinski definition) is 1.